The summed E-state index contributed by atoms with van der Waals surface area (Å²) in [6.07, 6.45) is 3.95. The third-order valence-corrected chi connectivity index (χ3v) is 6.43. The van der Waals surface area contributed by atoms with Gasteiger partial charge in [-0.2, -0.15) is 4.40 Å². The van der Waals surface area contributed by atoms with Gasteiger partial charge in [-0.15, -0.1) is 0 Å². The first-order valence-electron chi connectivity index (χ1n) is 9.49. The summed E-state index contributed by atoms with van der Waals surface area (Å²) in [5.74, 6) is 0.401. The Morgan fingerprint density at radius 1 is 1.33 bits per heavy atom. The smallest absolute Gasteiger partial charge is 0.478 e. The van der Waals surface area contributed by atoms with Gasteiger partial charge in [-0.25, -0.2) is 4.72 Å². The van der Waals surface area contributed by atoms with E-state index in [-0.39, 0.29) is 30.9 Å². The molecule has 0 bridgehead atoms. The first-order valence-corrected chi connectivity index (χ1v) is 10.3. The Hall–Kier alpha value is -1.03. The molecule has 1 fully saturated rings. The lowest BCUT2D eigenvalue weighted by Gasteiger charge is -2.34. The van der Waals surface area contributed by atoms with E-state index in [0.29, 0.717) is 38.3 Å². The fraction of sp³-hybridized carbons (Fsp3) is 0.778. The highest BCUT2D eigenvalue weighted by molar-refractivity contribution is 7.96. The van der Waals surface area contributed by atoms with Gasteiger partial charge in [0, 0.05) is 0 Å². The number of nitrogens with one attached hydrogen (secondary N) is 1. The van der Waals surface area contributed by atoms with Gasteiger partial charge in [0.2, 0.25) is 5.90 Å². The second kappa shape index (κ2) is 7.77. The van der Waals surface area contributed by atoms with Crippen LogP contribution in [0.4, 0.5) is 0 Å². The highest BCUT2D eigenvalue weighted by atomic mass is 32.2. The van der Waals surface area contributed by atoms with Crippen LogP contribution in [-0.2, 0) is 23.6 Å². The van der Waals surface area contributed by atoms with Gasteiger partial charge in [-0.05, 0) is 59.4 Å². The summed E-state index contributed by atoms with van der Waals surface area (Å²) in [6, 6.07) is 0. The number of rotatable bonds is 5. The van der Waals surface area contributed by atoms with Crippen molar-refractivity contribution in [2.75, 3.05) is 19.8 Å². The van der Waals surface area contributed by atoms with Crippen molar-refractivity contribution in [3.05, 3.63) is 11.5 Å². The van der Waals surface area contributed by atoms with Gasteiger partial charge >= 0.3 is 13.1 Å². The molecule has 0 spiro atoms. The summed E-state index contributed by atoms with van der Waals surface area (Å²) >= 11 is 1.25. The van der Waals surface area contributed by atoms with Crippen LogP contribution in [0.15, 0.2) is 15.9 Å². The molecule has 150 valence electrons. The molecule has 3 aliphatic rings. The highest BCUT2D eigenvalue weighted by Gasteiger charge is 2.53. The topological polar surface area (TPSA) is 78.4 Å². The lowest BCUT2D eigenvalue weighted by molar-refractivity contribution is -0.158. The van der Waals surface area contributed by atoms with Crippen LogP contribution in [-0.4, -0.2) is 49.9 Å². The van der Waals surface area contributed by atoms with E-state index in [9.17, 15) is 4.79 Å². The van der Waals surface area contributed by atoms with E-state index >= 15 is 0 Å². The Kier molecular flexibility index (Phi) is 5.96. The minimum atomic E-state index is -0.696. The summed E-state index contributed by atoms with van der Waals surface area (Å²) < 4.78 is 30.6. The summed E-state index contributed by atoms with van der Waals surface area (Å²) in [6.45, 7) is 11.2. The van der Waals surface area contributed by atoms with Crippen molar-refractivity contribution in [1.82, 2.24) is 4.72 Å². The number of hydrogen-bond donors (Lipinski definition) is 1. The molecule has 0 saturated carbocycles. The number of carbonyl (C=O) groups is 1. The van der Waals surface area contributed by atoms with Gasteiger partial charge in [0.25, 0.3) is 0 Å². The van der Waals surface area contributed by atoms with E-state index in [1.807, 2.05) is 34.6 Å². The van der Waals surface area contributed by atoms with Gasteiger partial charge in [0.15, 0.2) is 0 Å². The van der Waals surface area contributed by atoms with Crippen LogP contribution in [0.3, 0.4) is 0 Å². The van der Waals surface area contributed by atoms with Crippen molar-refractivity contribution in [2.45, 2.75) is 65.1 Å². The van der Waals surface area contributed by atoms with Crippen molar-refractivity contribution in [3.8, 4) is 0 Å². The molecule has 0 amide bonds. The van der Waals surface area contributed by atoms with Crippen LogP contribution >= 0.6 is 12.1 Å². The van der Waals surface area contributed by atoms with Crippen molar-refractivity contribution >= 4 is 31.1 Å². The van der Waals surface area contributed by atoms with E-state index in [4.69, 9.17) is 18.8 Å². The lowest BCUT2D eigenvalue weighted by atomic mass is 9.66. The number of ether oxygens (including phenoxy) is 2. The van der Waals surface area contributed by atoms with Gasteiger partial charge in [-0.1, -0.05) is 6.08 Å². The van der Waals surface area contributed by atoms with E-state index < -0.39 is 5.41 Å². The summed E-state index contributed by atoms with van der Waals surface area (Å²) in [5, 5.41) is 0. The summed E-state index contributed by atoms with van der Waals surface area (Å²) in [4.78, 5) is 12.7. The van der Waals surface area contributed by atoms with Crippen molar-refractivity contribution in [1.29, 1.82) is 0 Å². The molecule has 0 radical (unpaired) electrons. The van der Waals surface area contributed by atoms with Crippen LogP contribution in [0.5, 0.6) is 0 Å². The standard InChI is InChI=1S/C18H29BN2O5S/c1-6-23-15(22)18(12-24-14-11-20-27-21-14)9-7-13(8-10-18)19-25-16(2,3)17(4,5)26-19/h7,20H,6,8-12H2,1-5H3. The molecular weight excluding hydrogens is 367 g/mol. The SMILES string of the molecule is CCOC(=O)C1(COC2=NSNC2)CC=C(B2OC(C)(C)C(C)(C)O2)CC1. The molecule has 2 aliphatic heterocycles. The van der Waals surface area contributed by atoms with Gasteiger partial charge in [-0.3, -0.25) is 4.79 Å². The second-order valence-corrected chi connectivity index (χ2v) is 8.91. The summed E-state index contributed by atoms with van der Waals surface area (Å²) in [7, 11) is -0.365. The Labute approximate surface area is 166 Å². The molecule has 3 rings (SSSR count). The minimum Gasteiger partial charge on any atom is -0.478 e. The second-order valence-electron chi connectivity index (χ2n) is 8.26. The van der Waals surface area contributed by atoms with Gasteiger partial charge in [0.1, 0.15) is 12.0 Å². The molecule has 7 nitrogen and oxygen atoms in total. The van der Waals surface area contributed by atoms with Crippen LogP contribution in [0.1, 0.15) is 53.9 Å². The van der Waals surface area contributed by atoms with E-state index in [0.717, 1.165) is 5.47 Å². The van der Waals surface area contributed by atoms with Crippen LogP contribution in [0.2, 0.25) is 0 Å². The molecule has 0 aromatic carbocycles. The quantitative estimate of drug-likeness (QED) is 0.435. The fourth-order valence-electron chi connectivity index (χ4n) is 3.29. The molecule has 1 atom stereocenters. The Bertz CT molecular complexity index is 636. The minimum absolute atomic E-state index is 0.214. The maximum Gasteiger partial charge on any atom is 0.490 e. The molecule has 1 saturated heterocycles. The van der Waals surface area contributed by atoms with Crippen LogP contribution < -0.4 is 4.72 Å². The zero-order valence-electron chi connectivity index (χ0n) is 16.8. The predicted octanol–water partition coefficient (Wildman–Crippen LogP) is 2.86. The number of esters is 1. The third-order valence-electron chi connectivity index (χ3n) is 5.86. The lowest BCUT2D eigenvalue weighted by Crippen LogP contribution is -2.41. The number of carbonyl (C=O) groups excluding carboxylic acids is 1. The summed E-state index contributed by atoms with van der Waals surface area (Å²) in [5.41, 5.74) is -0.353. The Morgan fingerprint density at radius 3 is 2.56 bits per heavy atom. The van der Waals surface area contributed by atoms with Crippen molar-refractivity contribution < 1.29 is 23.6 Å². The maximum atomic E-state index is 12.7. The number of nitrogens with zero attached hydrogens (tertiary/aromatic N) is 1. The third kappa shape index (κ3) is 4.21. The largest absolute Gasteiger partial charge is 0.490 e. The average Bonchev–Trinajstić information content (AvgIpc) is 3.20. The van der Waals surface area contributed by atoms with E-state index in [2.05, 4.69) is 15.2 Å². The van der Waals surface area contributed by atoms with E-state index in [1.54, 1.807) is 0 Å². The van der Waals surface area contributed by atoms with Gasteiger partial charge in [0.05, 0.1) is 36.5 Å². The molecule has 1 N–H and O–H groups in total. The normalized spacial score (nSPS) is 29.3. The molecular formula is C18H29BN2O5S. The monoisotopic (exact) mass is 396 g/mol. The molecule has 0 aromatic rings. The Morgan fingerprint density at radius 2 is 2.04 bits per heavy atom. The van der Waals surface area contributed by atoms with Gasteiger partial charge < -0.3 is 18.8 Å². The van der Waals surface area contributed by atoms with Crippen molar-refractivity contribution in [2.24, 2.45) is 9.81 Å². The highest BCUT2D eigenvalue weighted by Crippen LogP contribution is 2.43. The molecule has 0 aromatic heterocycles. The number of hydrogen-bond acceptors (Lipinski definition) is 8. The first-order chi connectivity index (χ1) is 12.7. The van der Waals surface area contributed by atoms with Crippen LogP contribution in [0.25, 0.3) is 0 Å². The molecule has 1 aliphatic carbocycles. The maximum absolute atomic E-state index is 12.7. The predicted molar refractivity (Wildman–Crippen MR) is 106 cm³/mol. The fourth-order valence-corrected chi connectivity index (χ4v) is 3.76. The zero-order valence-corrected chi connectivity index (χ0v) is 17.6. The Balaban J connectivity index is 1.71. The molecule has 9 heteroatoms. The first kappa shape index (κ1) is 20.7. The van der Waals surface area contributed by atoms with Crippen LogP contribution in [0, 0.1) is 5.41 Å². The average molecular weight is 396 g/mol. The molecule has 2 heterocycles. The molecule has 1 unspecified atom stereocenters. The number of allylic oxidation sites excluding steroid dienone is 2. The molecule has 27 heavy (non-hydrogen) atoms. The van der Waals surface area contributed by atoms with Crippen molar-refractivity contribution in [3.63, 3.8) is 0 Å². The zero-order chi connectivity index (χ0) is 19.7. The van der Waals surface area contributed by atoms with E-state index in [1.165, 1.54) is 12.1 Å².